The monoisotopic (exact) mass is 1100 g/mol. The van der Waals surface area contributed by atoms with E-state index in [2.05, 4.69) is 80.7 Å². The molecule has 3 saturated carbocycles. The van der Waals surface area contributed by atoms with Crippen molar-refractivity contribution in [2.24, 2.45) is 41.2 Å². The number of anilines is 3. The maximum atomic E-state index is 12.3. The Bertz CT molecular complexity index is 3130. The summed E-state index contributed by atoms with van der Waals surface area (Å²) in [5, 5.41) is 3.11. The SMILES string of the molecule is CN(c1ncnc2[nH]ccc12)C1C[C@@H]2CN(C(=O)CCS(C)(=O)=O)C[C@@H]2C1.CN(c1ncnc2[nH]ccc12)C1C[C@@H]2CN(C(=O)CCS(C)(=O)=O)C[C@@H]2C1.CN(c1ncnc2[nH]ccc12)C1C[C@@H]2CN(C(=O)CN)C[C@@H]2C1. The molecule has 6 aromatic rings. The normalized spacial score (nSPS) is 25.6. The number of sulfone groups is 2. The van der Waals surface area contributed by atoms with Crippen molar-refractivity contribution >= 4 is 87.9 Å². The van der Waals surface area contributed by atoms with Gasteiger partial charge in [0, 0.05) is 122 Å². The van der Waals surface area contributed by atoms with Crippen molar-refractivity contribution in [3.63, 3.8) is 0 Å². The zero-order valence-electron chi connectivity index (χ0n) is 44.5. The molecule has 77 heavy (non-hydrogen) atoms. The first-order chi connectivity index (χ1) is 36.8. The maximum Gasteiger partial charge on any atom is 0.236 e. The minimum Gasteiger partial charge on any atom is -0.356 e. The molecular weight excluding hydrogens is 1020 g/mol. The molecule has 0 spiro atoms. The zero-order valence-corrected chi connectivity index (χ0v) is 46.2. The van der Waals surface area contributed by atoms with Crippen LogP contribution in [0.2, 0.25) is 0 Å². The summed E-state index contributed by atoms with van der Waals surface area (Å²) in [6.07, 6.45) is 19.3. The number of fused-ring (bicyclic) bond motifs is 6. The highest BCUT2D eigenvalue weighted by Crippen LogP contribution is 2.44. The fraction of sp³-hybridized carbons (Fsp3) is 0.596. The molecule has 12 rings (SSSR count). The van der Waals surface area contributed by atoms with Crippen LogP contribution in [0.4, 0.5) is 17.5 Å². The number of aromatic nitrogens is 9. The van der Waals surface area contributed by atoms with Gasteiger partial charge in [-0.25, -0.2) is 46.7 Å². The number of nitrogens with two attached hydrogens (primary N) is 1. The van der Waals surface area contributed by atoms with Crippen molar-refractivity contribution in [2.75, 3.05) is 106 Å². The molecule has 0 bridgehead atoms. The van der Waals surface area contributed by atoms with Gasteiger partial charge in [-0.15, -0.1) is 0 Å². The van der Waals surface area contributed by atoms with Crippen LogP contribution in [0.15, 0.2) is 55.8 Å². The molecule has 6 aromatic heterocycles. The topological polar surface area (TPSA) is 290 Å². The molecule has 0 aromatic carbocycles. The number of nitrogens with zero attached hydrogens (tertiary/aromatic N) is 12. The van der Waals surface area contributed by atoms with Gasteiger partial charge in [-0.1, -0.05) is 0 Å². The van der Waals surface area contributed by atoms with Crippen LogP contribution in [0.3, 0.4) is 0 Å². The lowest BCUT2D eigenvalue weighted by atomic mass is 10.0. The van der Waals surface area contributed by atoms with E-state index in [1.54, 1.807) is 19.0 Å². The Labute approximate surface area is 449 Å². The van der Waals surface area contributed by atoms with E-state index < -0.39 is 19.7 Å². The third-order valence-electron chi connectivity index (χ3n) is 17.4. The fourth-order valence-electron chi connectivity index (χ4n) is 13.3. The van der Waals surface area contributed by atoms with E-state index in [4.69, 9.17) is 5.73 Å². The number of likely N-dealkylation sites (tertiary alicyclic amines) is 3. The summed E-state index contributed by atoms with van der Waals surface area (Å²) in [5.74, 6) is 5.80. The standard InChI is InChI=1S/2C18H25N5O3S.C16H22N6O/c2*1-22(18-15-3-5-19-17(15)20-11-21-18)14-7-12-9-23(10-13(12)8-14)16(24)4-6-27(2,25)26;1-21(16-13-2-3-18-15(13)19-9-20-16)12-4-10-7-22(14(23)6-17)8-11(10)5-12/h2*3,5,11-14H,4,6-10H2,1-2H3,(H,19,20,21);2-3,9-12H,4-8,17H2,1H3,(H,18,19,20)/t2*12-,13+,14?;10-,11+,12?. The number of H-pyrrole nitrogens is 3. The number of carbonyl (C=O) groups is 3. The van der Waals surface area contributed by atoms with Crippen molar-refractivity contribution < 1.29 is 31.2 Å². The van der Waals surface area contributed by atoms with Crippen LogP contribution in [0.25, 0.3) is 33.1 Å². The molecule has 23 nitrogen and oxygen atoms in total. The molecule has 25 heteroatoms. The Morgan fingerprint density at radius 2 is 0.766 bits per heavy atom. The summed E-state index contributed by atoms with van der Waals surface area (Å²) >= 11 is 0. The van der Waals surface area contributed by atoms with Crippen LogP contribution in [-0.4, -0.2) is 203 Å². The van der Waals surface area contributed by atoms with Gasteiger partial charge in [0.25, 0.3) is 0 Å². The molecule has 6 aliphatic rings. The molecule has 3 aliphatic carbocycles. The summed E-state index contributed by atoms with van der Waals surface area (Å²) in [4.78, 5) is 84.4. The lowest BCUT2D eigenvalue weighted by molar-refractivity contribution is -0.130. The van der Waals surface area contributed by atoms with Gasteiger partial charge in [-0.2, -0.15) is 0 Å². The maximum absolute atomic E-state index is 12.3. The van der Waals surface area contributed by atoms with E-state index in [0.717, 1.165) is 128 Å². The van der Waals surface area contributed by atoms with E-state index in [0.29, 0.717) is 53.6 Å². The highest BCUT2D eigenvalue weighted by molar-refractivity contribution is 7.90. The van der Waals surface area contributed by atoms with E-state index in [1.165, 1.54) is 12.5 Å². The third-order valence-corrected chi connectivity index (χ3v) is 19.3. The van der Waals surface area contributed by atoms with Crippen LogP contribution in [-0.2, 0) is 34.1 Å². The molecule has 3 amide bonds. The van der Waals surface area contributed by atoms with Crippen LogP contribution in [0, 0.1) is 35.5 Å². The lowest BCUT2D eigenvalue weighted by Gasteiger charge is -2.28. The second kappa shape index (κ2) is 22.1. The van der Waals surface area contributed by atoms with Gasteiger partial charge in [-0.3, -0.25) is 14.4 Å². The Hall–Kier alpha value is -6.47. The van der Waals surface area contributed by atoms with Crippen molar-refractivity contribution in [1.29, 1.82) is 0 Å². The average molecular weight is 1100 g/mol. The molecular formula is C52H72N16O7S2. The van der Waals surface area contributed by atoms with Crippen molar-refractivity contribution in [3.8, 4) is 0 Å². The molecule has 9 atom stereocenters. The average Bonchev–Trinajstić information content (AvgIpc) is 4.26. The first kappa shape index (κ1) is 53.9. The van der Waals surface area contributed by atoms with Gasteiger partial charge in [0.2, 0.25) is 17.7 Å². The minimum absolute atomic E-state index is 0.0374. The van der Waals surface area contributed by atoms with Crippen molar-refractivity contribution in [1.82, 2.24) is 59.6 Å². The number of aromatic amines is 3. The van der Waals surface area contributed by atoms with Crippen LogP contribution < -0.4 is 20.4 Å². The van der Waals surface area contributed by atoms with E-state index in [9.17, 15) is 31.2 Å². The lowest BCUT2D eigenvalue weighted by Crippen LogP contribution is -2.37. The van der Waals surface area contributed by atoms with Crippen LogP contribution >= 0.6 is 0 Å². The third kappa shape index (κ3) is 11.9. The van der Waals surface area contributed by atoms with Crippen molar-refractivity contribution in [2.45, 2.75) is 69.5 Å². The minimum atomic E-state index is -3.10. The molecule has 3 aliphatic heterocycles. The molecule has 9 heterocycles. The fourth-order valence-corrected chi connectivity index (χ4v) is 14.4. The first-order valence-corrected chi connectivity index (χ1v) is 30.8. The Morgan fingerprint density at radius 3 is 1.03 bits per heavy atom. The summed E-state index contributed by atoms with van der Waals surface area (Å²) in [6, 6.07) is 7.27. The van der Waals surface area contributed by atoms with Gasteiger partial charge in [-0.05, 0) is 92.2 Å². The highest BCUT2D eigenvalue weighted by atomic mass is 32.2. The Kier molecular flexibility index (Phi) is 15.5. The van der Waals surface area contributed by atoms with Crippen LogP contribution in [0.1, 0.15) is 51.4 Å². The molecule has 5 N–H and O–H groups in total. The van der Waals surface area contributed by atoms with Gasteiger partial charge in [0.15, 0.2) is 0 Å². The number of rotatable bonds is 13. The van der Waals surface area contributed by atoms with Gasteiger partial charge in [0.1, 0.15) is 73.1 Å². The van der Waals surface area contributed by atoms with Crippen LogP contribution in [0.5, 0.6) is 0 Å². The molecule has 6 fully saturated rings. The van der Waals surface area contributed by atoms with E-state index >= 15 is 0 Å². The van der Waals surface area contributed by atoms with Gasteiger partial charge in [0.05, 0.1) is 34.2 Å². The van der Waals surface area contributed by atoms with E-state index in [1.807, 2.05) is 51.5 Å². The van der Waals surface area contributed by atoms with Gasteiger partial charge >= 0.3 is 0 Å². The molecule has 3 saturated heterocycles. The smallest absolute Gasteiger partial charge is 0.236 e. The van der Waals surface area contributed by atoms with E-state index in [-0.39, 0.29) is 48.6 Å². The van der Waals surface area contributed by atoms with Gasteiger partial charge < -0.3 is 50.1 Å². The zero-order chi connectivity index (χ0) is 54.3. The molecule has 0 radical (unpaired) electrons. The first-order valence-electron chi connectivity index (χ1n) is 26.7. The Morgan fingerprint density at radius 1 is 0.494 bits per heavy atom. The highest BCUT2D eigenvalue weighted by Gasteiger charge is 2.46. The second-order valence-electron chi connectivity index (χ2n) is 22.4. The predicted octanol–water partition coefficient (Wildman–Crippen LogP) is 2.72. The van der Waals surface area contributed by atoms with Crippen molar-refractivity contribution in [3.05, 3.63) is 55.8 Å². The summed E-state index contributed by atoms with van der Waals surface area (Å²) in [5.41, 5.74) is 8.04. The molecule has 3 unspecified atom stereocenters. The summed E-state index contributed by atoms with van der Waals surface area (Å²) in [6.45, 7) is 4.78. The number of nitrogens with one attached hydrogen (secondary N) is 3. The number of amides is 3. The largest absolute Gasteiger partial charge is 0.356 e. The number of hydrogen-bond acceptors (Lipinski definition) is 17. The predicted molar refractivity (Wildman–Crippen MR) is 294 cm³/mol. The number of carbonyl (C=O) groups excluding carboxylic acids is 3. The molecule has 414 valence electrons. The number of hydrogen-bond donors (Lipinski definition) is 4. The summed E-state index contributed by atoms with van der Waals surface area (Å²) in [7, 11) is 0.0722. The Balaban J connectivity index is 0.000000131. The quantitative estimate of drug-likeness (QED) is 0.129. The summed E-state index contributed by atoms with van der Waals surface area (Å²) < 4.78 is 45.1. The second-order valence-corrected chi connectivity index (χ2v) is 27.0.